The Bertz CT molecular complexity index is 18.3. The molecule has 0 aliphatic rings. The van der Waals surface area contributed by atoms with Crippen molar-refractivity contribution >= 4 is 21.5 Å². The van der Waals surface area contributed by atoms with E-state index in [0.717, 1.165) is 0 Å². The first kappa shape index (κ1) is 9.84. The number of rotatable bonds is 2. The monoisotopic (exact) mass is 128 g/mol. The minimum atomic E-state index is 0. The second-order valence-corrected chi connectivity index (χ2v) is 1.06. The maximum atomic E-state index is 5.18. The van der Waals surface area contributed by atoms with Crippen LogP contribution >= 0.6 is 21.5 Å². The van der Waals surface area contributed by atoms with Gasteiger partial charge in [-0.3, -0.25) is 0 Å². The summed E-state index contributed by atoms with van der Waals surface area (Å²) in [6.07, 6.45) is 0. The van der Waals surface area contributed by atoms with Crippen molar-refractivity contribution < 1.29 is 4.74 Å². The van der Waals surface area contributed by atoms with Crippen molar-refractivity contribution in [3.63, 3.8) is 0 Å². The van der Waals surface area contributed by atoms with Crippen molar-refractivity contribution in [3.05, 3.63) is 0 Å². The van der Waals surface area contributed by atoms with E-state index in [-0.39, 0.29) is 9.90 Å². The van der Waals surface area contributed by atoms with Crippen molar-refractivity contribution in [3.8, 4) is 0 Å². The number of halogens is 1. The highest BCUT2D eigenvalue weighted by atomic mass is 35.5. The third-order valence-corrected chi connectivity index (χ3v) is 0.436. The summed E-state index contributed by atoms with van der Waals surface area (Å²) >= 11 is 5.18. The van der Waals surface area contributed by atoms with E-state index >= 15 is 0 Å². The molecule has 1 atom stereocenters. The Morgan fingerprint density at radius 2 is 2.17 bits per heavy atom. The van der Waals surface area contributed by atoms with Gasteiger partial charge in [-0.15, -0.1) is 11.6 Å². The lowest BCUT2D eigenvalue weighted by molar-refractivity contribution is 0.218. The molecular formula is C3H10ClOP. The summed E-state index contributed by atoms with van der Waals surface area (Å²) < 4.78 is 4.56. The second kappa shape index (κ2) is 9.19. The molecule has 0 rings (SSSR count). The fraction of sp³-hybridized carbons (Fsp3) is 1.00. The van der Waals surface area contributed by atoms with E-state index < -0.39 is 0 Å². The van der Waals surface area contributed by atoms with Gasteiger partial charge in [0.15, 0.2) is 0 Å². The normalized spacial score (nSPS) is 7.00. The van der Waals surface area contributed by atoms with Crippen molar-refractivity contribution in [1.82, 2.24) is 0 Å². The van der Waals surface area contributed by atoms with Crippen LogP contribution in [0.1, 0.15) is 0 Å². The van der Waals surface area contributed by atoms with Crippen LogP contribution in [-0.4, -0.2) is 19.6 Å². The predicted molar refractivity (Wildman–Crippen MR) is 33.7 cm³/mol. The standard InChI is InChI=1S/C3H7ClO.H3P/c1-5-3-2-4;/h2-3H2,1H3;1H3. The van der Waals surface area contributed by atoms with Crippen molar-refractivity contribution in [1.29, 1.82) is 0 Å². The maximum absolute atomic E-state index is 5.18. The molecule has 0 heterocycles. The lowest BCUT2D eigenvalue weighted by atomic mass is 10.9. The summed E-state index contributed by atoms with van der Waals surface area (Å²) in [6, 6.07) is 0. The summed E-state index contributed by atoms with van der Waals surface area (Å²) in [7, 11) is 1.63. The Morgan fingerprint density at radius 1 is 1.67 bits per heavy atom. The van der Waals surface area contributed by atoms with Gasteiger partial charge < -0.3 is 4.74 Å². The molecule has 0 aromatic carbocycles. The van der Waals surface area contributed by atoms with E-state index in [4.69, 9.17) is 11.6 Å². The van der Waals surface area contributed by atoms with E-state index in [0.29, 0.717) is 12.5 Å². The topological polar surface area (TPSA) is 9.23 Å². The largest absolute Gasteiger partial charge is 0.383 e. The third kappa shape index (κ3) is 8.82. The summed E-state index contributed by atoms with van der Waals surface area (Å²) in [5, 5.41) is 0. The molecule has 0 bridgehead atoms. The molecule has 0 radical (unpaired) electrons. The van der Waals surface area contributed by atoms with Gasteiger partial charge in [-0.05, 0) is 0 Å². The zero-order valence-corrected chi connectivity index (χ0v) is 6.08. The minimum Gasteiger partial charge on any atom is -0.383 e. The van der Waals surface area contributed by atoms with Crippen LogP contribution in [0.15, 0.2) is 0 Å². The minimum absolute atomic E-state index is 0. The van der Waals surface area contributed by atoms with Gasteiger partial charge >= 0.3 is 0 Å². The van der Waals surface area contributed by atoms with E-state index in [9.17, 15) is 0 Å². The number of ether oxygens (including phenoxy) is 1. The Hall–Kier alpha value is 0.680. The fourth-order valence-electron chi connectivity index (χ4n) is 0.0772. The van der Waals surface area contributed by atoms with Crippen LogP contribution in [0.25, 0.3) is 0 Å². The molecule has 6 heavy (non-hydrogen) atoms. The molecule has 0 spiro atoms. The average Bonchev–Trinajstić information content (AvgIpc) is 1.41. The van der Waals surface area contributed by atoms with E-state index in [1.165, 1.54) is 0 Å². The Kier molecular flexibility index (Phi) is 15.1. The smallest absolute Gasteiger partial charge is 0.0597 e. The van der Waals surface area contributed by atoms with Gasteiger partial charge in [0.1, 0.15) is 0 Å². The summed E-state index contributed by atoms with van der Waals surface area (Å²) in [5.41, 5.74) is 0. The zero-order chi connectivity index (χ0) is 4.12. The molecule has 0 fully saturated rings. The van der Waals surface area contributed by atoms with Gasteiger partial charge in [-0.2, -0.15) is 9.90 Å². The molecule has 1 nitrogen and oxygen atoms in total. The van der Waals surface area contributed by atoms with Crippen molar-refractivity contribution in [2.45, 2.75) is 0 Å². The van der Waals surface area contributed by atoms with E-state index in [1.807, 2.05) is 0 Å². The first-order valence-corrected chi connectivity index (χ1v) is 2.00. The lowest BCUT2D eigenvalue weighted by Crippen LogP contribution is -1.85. The highest BCUT2D eigenvalue weighted by Gasteiger charge is 1.68. The number of alkyl halides is 1. The Balaban J connectivity index is 0. The third-order valence-electron chi connectivity index (χ3n) is 0.281. The van der Waals surface area contributed by atoms with Gasteiger partial charge in [-0.1, -0.05) is 0 Å². The Morgan fingerprint density at radius 3 is 2.17 bits per heavy atom. The fourth-order valence-corrected chi connectivity index (χ4v) is 0.231. The van der Waals surface area contributed by atoms with Gasteiger partial charge in [0.2, 0.25) is 0 Å². The van der Waals surface area contributed by atoms with Gasteiger partial charge in [0, 0.05) is 13.0 Å². The number of hydrogen-bond acceptors (Lipinski definition) is 1. The molecule has 0 N–H and O–H groups in total. The van der Waals surface area contributed by atoms with Gasteiger partial charge in [0.05, 0.1) is 6.61 Å². The molecular weight excluding hydrogens is 118 g/mol. The van der Waals surface area contributed by atoms with Crippen LogP contribution in [0.5, 0.6) is 0 Å². The zero-order valence-electron chi connectivity index (χ0n) is 3.91. The van der Waals surface area contributed by atoms with Crippen LogP contribution in [-0.2, 0) is 4.74 Å². The van der Waals surface area contributed by atoms with Crippen LogP contribution in [0.2, 0.25) is 0 Å². The first-order valence-electron chi connectivity index (χ1n) is 1.46. The second-order valence-electron chi connectivity index (χ2n) is 0.682. The summed E-state index contributed by atoms with van der Waals surface area (Å²) in [4.78, 5) is 0. The number of methoxy groups -OCH3 is 1. The molecule has 0 saturated carbocycles. The molecule has 3 heteroatoms. The molecule has 0 aromatic rings. The highest BCUT2D eigenvalue weighted by molar-refractivity contribution is 6.92. The molecule has 0 aliphatic heterocycles. The maximum Gasteiger partial charge on any atom is 0.0597 e. The van der Waals surface area contributed by atoms with Crippen molar-refractivity contribution in [2.75, 3.05) is 19.6 Å². The van der Waals surface area contributed by atoms with Crippen LogP contribution < -0.4 is 0 Å². The average molecular weight is 129 g/mol. The van der Waals surface area contributed by atoms with E-state index in [2.05, 4.69) is 4.74 Å². The molecule has 40 valence electrons. The predicted octanol–water partition coefficient (Wildman–Crippen LogP) is 0.930. The SMILES string of the molecule is COCCCl.P. The first-order chi connectivity index (χ1) is 2.41. The summed E-state index contributed by atoms with van der Waals surface area (Å²) in [6.45, 7) is 0.654. The summed E-state index contributed by atoms with van der Waals surface area (Å²) in [5.74, 6) is 0.594. The molecule has 0 aliphatic carbocycles. The van der Waals surface area contributed by atoms with E-state index in [1.54, 1.807) is 7.11 Å². The van der Waals surface area contributed by atoms with Crippen molar-refractivity contribution in [2.24, 2.45) is 0 Å². The molecule has 1 unspecified atom stereocenters. The van der Waals surface area contributed by atoms with Crippen LogP contribution in [0.3, 0.4) is 0 Å². The van der Waals surface area contributed by atoms with Gasteiger partial charge in [0.25, 0.3) is 0 Å². The quantitative estimate of drug-likeness (QED) is 0.397. The highest BCUT2D eigenvalue weighted by Crippen LogP contribution is 1.70. The van der Waals surface area contributed by atoms with Crippen LogP contribution in [0.4, 0.5) is 0 Å². The molecule has 0 saturated heterocycles. The Labute approximate surface area is 46.6 Å². The number of hydrogen-bond donors (Lipinski definition) is 0. The molecule has 0 aromatic heterocycles. The van der Waals surface area contributed by atoms with Gasteiger partial charge in [-0.25, -0.2) is 0 Å². The lowest BCUT2D eigenvalue weighted by Gasteiger charge is -1.82. The van der Waals surface area contributed by atoms with Crippen LogP contribution in [0, 0.1) is 0 Å². The molecule has 0 amide bonds.